The van der Waals surface area contributed by atoms with Crippen LogP contribution in [0.1, 0.15) is 24.0 Å². The van der Waals surface area contributed by atoms with Crippen LogP contribution < -0.4 is 9.64 Å². The van der Waals surface area contributed by atoms with Crippen LogP contribution in [0, 0.1) is 19.8 Å². The predicted molar refractivity (Wildman–Crippen MR) is 129 cm³/mol. The number of benzene rings is 2. The van der Waals surface area contributed by atoms with Crippen molar-refractivity contribution in [3.05, 3.63) is 53.6 Å². The molecule has 0 atom stereocenters. The Morgan fingerprint density at radius 2 is 1.55 bits per heavy atom. The van der Waals surface area contributed by atoms with Crippen LogP contribution in [0.3, 0.4) is 0 Å². The molecule has 2 heterocycles. The number of amides is 1. The Bertz CT molecular complexity index is 1090. The molecule has 0 aromatic heterocycles. The van der Waals surface area contributed by atoms with E-state index in [9.17, 15) is 13.2 Å². The van der Waals surface area contributed by atoms with Crippen LogP contribution in [0.15, 0.2) is 47.4 Å². The number of aryl methyl sites for hydroxylation is 2. The van der Waals surface area contributed by atoms with Gasteiger partial charge < -0.3 is 14.5 Å². The van der Waals surface area contributed by atoms with Gasteiger partial charge in [0.15, 0.2) is 0 Å². The average molecular weight is 472 g/mol. The third-order valence-corrected chi connectivity index (χ3v) is 8.83. The highest BCUT2D eigenvalue weighted by molar-refractivity contribution is 7.89. The number of sulfonamides is 1. The molecule has 7 nitrogen and oxygen atoms in total. The molecular formula is C25H33N3O4S. The number of piperazine rings is 1. The Morgan fingerprint density at radius 1 is 0.909 bits per heavy atom. The number of rotatable bonds is 5. The first-order valence-corrected chi connectivity index (χ1v) is 13.0. The van der Waals surface area contributed by atoms with Gasteiger partial charge in [0.25, 0.3) is 0 Å². The molecule has 0 saturated carbocycles. The molecule has 2 aromatic rings. The van der Waals surface area contributed by atoms with Crippen molar-refractivity contribution >= 4 is 21.6 Å². The number of ether oxygens (including phenoxy) is 1. The van der Waals surface area contributed by atoms with E-state index in [-0.39, 0.29) is 11.8 Å². The molecule has 1 amide bonds. The van der Waals surface area contributed by atoms with Crippen molar-refractivity contribution in [2.45, 2.75) is 31.6 Å². The molecule has 0 radical (unpaired) electrons. The van der Waals surface area contributed by atoms with Gasteiger partial charge in [-0.1, -0.05) is 12.1 Å². The Hall–Kier alpha value is -2.58. The number of hydrogen-bond acceptors (Lipinski definition) is 5. The van der Waals surface area contributed by atoms with E-state index in [0.29, 0.717) is 43.9 Å². The summed E-state index contributed by atoms with van der Waals surface area (Å²) in [7, 11) is -1.88. The lowest BCUT2D eigenvalue weighted by Crippen LogP contribution is -2.52. The first-order valence-electron chi connectivity index (χ1n) is 11.5. The second-order valence-electron chi connectivity index (χ2n) is 8.96. The first-order chi connectivity index (χ1) is 15.8. The van der Waals surface area contributed by atoms with Crippen molar-refractivity contribution in [1.82, 2.24) is 9.21 Å². The summed E-state index contributed by atoms with van der Waals surface area (Å²) in [6.07, 6.45) is 1.14. The Morgan fingerprint density at radius 3 is 2.15 bits per heavy atom. The van der Waals surface area contributed by atoms with Crippen LogP contribution in [0.2, 0.25) is 0 Å². The summed E-state index contributed by atoms with van der Waals surface area (Å²) in [5, 5.41) is 0. The number of carbonyl (C=O) groups is 1. The van der Waals surface area contributed by atoms with Crippen molar-refractivity contribution in [3.63, 3.8) is 0 Å². The summed E-state index contributed by atoms with van der Waals surface area (Å²) in [4.78, 5) is 17.7. The number of methoxy groups -OCH3 is 1. The fraction of sp³-hybridized carbons (Fsp3) is 0.480. The minimum absolute atomic E-state index is 0.109. The minimum atomic E-state index is -3.54. The van der Waals surface area contributed by atoms with E-state index in [4.69, 9.17) is 4.74 Å². The maximum atomic E-state index is 13.2. The second kappa shape index (κ2) is 9.73. The molecule has 0 aliphatic carbocycles. The molecule has 0 bridgehead atoms. The van der Waals surface area contributed by atoms with Crippen LogP contribution in [-0.4, -0.2) is 69.9 Å². The lowest BCUT2D eigenvalue weighted by Gasteiger charge is -2.39. The zero-order valence-corrected chi connectivity index (χ0v) is 20.5. The quantitative estimate of drug-likeness (QED) is 0.670. The van der Waals surface area contributed by atoms with Crippen molar-refractivity contribution in [2.75, 3.05) is 51.3 Å². The fourth-order valence-corrected chi connectivity index (χ4v) is 6.48. The van der Waals surface area contributed by atoms with Crippen molar-refractivity contribution < 1.29 is 17.9 Å². The predicted octanol–water partition coefficient (Wildman–Crippen LogP) is 3.06. The molecule has 2 aromatic carbocycles. The Balaban J connectivity index is 1.32. The van der Waals surface area contributed by atoms with Gasteiger partial charge >= 0.3 is 0 Å². The molecular weight excluding hydrogens is 438 g/mol. The topological polar surface area (TPSA) is 70.2 Å². The monoisotopic (exact) mass is 471 g/mol. The maximum Gasteiger partial charge on any atom is 0.243 e. The fourth-order valence-electron chi connectivity index (χ4n) is 4.70. The molecule has 4 rings (SSSR count). The molecule has 2 saturated heterocycles. The lowest BCUT2D eigenvalue weighted by atomic mass is 9.96. The third kappa shape index (κ3) is 5.01. The van der Waals surface area contributed by atoms with Gasteiger partial charge in [-0.15, -0.1) is 0 Å². The number of nitrogens with zero attached hydrogens (tertiary/aromatic N) is 3. The number of piperidine rings is 1. The van der Waals surface area contributed by atoms with Gasteiger partial charge in [0, 0.05) is 50.9 Å². The smallest absolute Gasteiger partial charge is 0.243 e. The molecule has 33 heavy (non-hydrogen) atoms. The zero-order chi connectivity index (χ0) is 23.6. The van der Waals surface area contributed by atoms with E-state index in [1.165, 1.54) is 0 Å². The van der Waals surface area contributed by atoms with Gasteiger partial charge in [0.2, 0.25) is 15.9 Å². The summed E-state index contributed by atoms with van der Waals surface area (Å²) in [5.41, 5.74) is 2.82. The van der Waals surface area contributed by atoms with Crippen molar-refractivity contribution in [3.8, 4) is 5.75 Å². The van der Waals surface area contributed by atoms with Gasteiger partial charge in [-0.3, -0.25) is 4.79 Å². The van der Waals surface area contributed by atoms with Crippen LogP contribution in [-0.2, 0) is 14.8 Å². The lowest BCUT2D eigenvalue weighted by molar-refractivity contribution is -0.137. The summed E-state index contributed by atoms with van der Waals surface area (Å²) in [6.45, 7) is 7.45. The molecule has 178 valence electrons. The molecule has 8 heteroatoms. The normalized spacial score (nSPS) is 18.4. The van der Waals surface area contributed by atoms with Crippen molar-refractivity contribution in [2.24, 2.45) is 5.92 Å². The van der Waals surface area contributed by atoms with Gasteiger partial charge in [-0.25, -0.2) is 8.42 Å². The van der Waals surface area contributed by atoms with E-state index >= 15 is 0 Å². The van der Waals surface area contributed by atoms with Crippen LogP contribution in [0.25, 0.3) is 0 Å². The standard InChI is InChI=1S/C25H33N3O4S/c1-19-4-5-20(2)24(18-19)33(30,31)28-12-10-21(11-13-28)25(29)27-16-14-26(15-17-27)22-6-8-23(32-3)9-7-22/h4-9,18,21H,10-17H2,1-3H3. The number of carbonyl (C=O) groups excluding carboxylic acids is 1. The third-order valence-electron chi connectivity index (χ3n) is 6.79. The highest BCUT2D eigenvalue weighted by Gasteiger charge is 2.35. The van der Waals surface area contributed by atoms with Gasteiger partial charge in [0.1, 0.15) is 5.75 Å². The Labute approximate surface area is 197 Å². The molecule has 2 aliphatic heterocycles. The maximum absolute atomic E-state index is 13.2. The Kier molecular flexibility index (Phi) is 6.95. The second-order valence-corrected chi connectivity index (χ2v) is 10.9. The van der Waals surface area contributed by atoms with E-state index in [1.807, 2.05) is 55.1 Å². The SMILES string of the molecule is COc1ccc(N2CCN(C(=O)C3CCN(S(=O)(=O)c4cc(C)ccc4C)CC3)CC2)cc1. The molecule has 2 fully saturated rings. The van der Waals surface area contributed by atoms with Crippen LogP contribution in [0.5, 0.6) is 5.75 Å². The molecule has 0 N–H and O–H groups in total. The summed E-state index contributed by atoms with van der Waals surface area (Å²) < 4.78 is 33.1. The van der Waals surface area contributed by atoms with Crippen molar-refractivity contribution in [1.29, 1.82) is 0 Å². The highest BCUT2D eigenvalue weighted by Crippen LogP contribution is 2.28. The van der Waals surface area contributed by atoms with E-state index in [0.717, 1.165) is 35.7 Å². The van der Waals surface area contributed by atoms with Gasteiger partial charge in [0.05, 0.1) is 12.0 Å². The highest BCUT2D eigenvalue weighted by atomic mass is 32.2. The zero-order valence-electron chi connectivity index (χ0n) is 19.7. The average Bonchev–Trinajstić information content (AvgIpc) is 2.85. The number of anilines is 1. The van der Waals surface area contributed by atoms with Gasteiger partial charge in [-0.2, -0.15) is 4.31 Å². The van der Waals surface area contributed by atoms with E-state index in [1.54, 1.807) is 17.5 Å². The van der Waals surface area contributed by atoms with Crippen LogP contribution in [0.4, 0.5) is 5.69 Å². The molecule has 0 spiro atoms. The molecule has 2 aliphatic rings. The minimum Gasteiger partial charge on any atom is -0.497 e. The number of hydrogen-bond donors (Lipinski definition) is 0. The summed E-state index contributed by atoms with van der Waals surface area (Å²) >= 11 is 0. The summed E-state index contributed by atoms with van der Waals surface area (Å²) in [5.74, 6) is 0.884. The largest absolute Gasteiger partial charge is 0.497 e. The van der Waals surface area contributed by atoms with E-state index < -0.39 is 10.0 Å². The van der Waals surface area contributed by atoms with E-state index in [2.05, 4.69) is 4.90 Å². The first kappa shape index (κ1) is 23.6. The van der Waals surface area contributed by atoms with Gasteiger partial charge in [-0.05, 0) is 68.1 Å². The van der Waals surface area contributed by atoms with Crippen LogP contribution >= 0.6 is 0 Å². The molecule has 0 unspecified atom stereocenters. The summed E-state index contributed by atoms with van der Waals surface area (Å²) in [6, 6.07) is 13.5.